The van der Waals surface area contributed by atoms with Gasteiger partial charge in [0.15, 0.2) is 12.4 Å². The maximum absolute atomic E-state index is 5.40. The van der Waals surface area contributed by atoms with Gasteiger partial charge in [0.05, 0.1) is 13.2 Å². The number of anilines is 1. The summed E-state index contributed by atoms with van der Waals surface area (Å²) in [6.45, 7) is 4.93. The van der Waals surface area contributed by atoms with Crippen molar-refractivity contribution in [2.24, 2.45) is 5.92 Å². The maximum Gasteiger partial charge on any atom is 0.170 e. The minimum Gasteiger partial charge on any atom is -0.378 e. The SMILES string of the molecule is c1c[n+](CCC2CCCCC2)ccc1N1CCOCC1. The number of hydrogen-bond donors (Lipinski definition) is 0. The lowest BCUT2D eigenvalue weighted by molar-refractivity contribution is -0.698. The van der Waals surface area contributed by atoms with Crippen LogP contribution in [-0.4, -0.2) is 26.3 Å². The Labute approximate surface area is 122 Å². The summed E-state index contributed by atoms with van der Waals surface area (Å²) in [6, 6.07) is 4.51. The third kappa shape index (κ3) is 3.72. The predicted molar refractivity (Wildman–Crippen MR) is 80.9 cm³/mol. The normalized spacial score (nSPS) is 21.1. The van der Waals surface area contributed by atoms with E-state index in [4.69, 9.17) is 4.74 Å². The standard InChI is InChI=1S/C17H27N2O/c1-2-4-16(5-3-1)6-9-18-10-7-17(8-11-18)19-12-14-20-15-13-19/h7-8,10-11,16H,1-6,9,12-15H2/q+1. The Morgan fingerprint density at radius 3 is 2.45 bits per heavy atom. The quantitative estimate of drug-likeness (QED) is 0.786. The summed E-state index contributed by atoms with van der Waals surface area (Å²) >= 11 is 0. The molecule has 2 fully saturated rings. The number of hydrogen-bond acceptors (Lipinski definition) is 2. The second-order valence-corrected chi connectivity index (χ2v) is 6.19. The van der Waals surface area contributed by atoms with E-state index < -0.39 is 0 Å². The van der Waals surface area contributed by atoms with Crippen LogP contribution in [0.4, 0.5) is 5.69 Å². The molecule has 3 heteroatoms. The molecule has 2 aliphatic rings. The van der Waals surface area contributed by atoms with Crippen LogP contribution in [0.25, 0.3) is 0 Å². The molecule has 110 valence electrons. The molecule has 1 aliphatic carbocycles. The number of aryl methyl sites for hydroxylation is 1. The lowest BCUT2D eigenvalue weighted by Crippen LogP contribution is -2.38. The van der Waals surface area contributed by atoms with Gasteiger partial charge in [-0.05, 0) is 5.92 Å². The van der Waals surface area contributed by atoms with Crippen molar-refractivity contribution in [3.8, 4) is 0 Å². The van der Waals surface area contributed by atoms with Crippen LogP contribution in [0.1, 0.15) is 38.5 Å². The summed E-state index contributed by atoms with van der Waals surface area (Å²) in [6.07, 6.45) is 13.1. The summed E-state index contributed by atoms with van der Waals surface area (Å²) in [4.78, 5) is 2.41. The van der Waals surface area contributed by atoms with E-state index in [0.29, 0.717) is 0 Å². The van der Waals surface area contributed by atoms with Gasteiger partial charge in [-0.15, -0.1) is 0 Å². The zero-order valence-corrected chi connectivity index (χ0v) is 12.5. The molecule has 1 saturated carbocycles. The van der Waals surface area contributed by atoms with E-state index in [-0.39, 0.29) is 0 Å². The molecule has 1 aromatic rings. The van der Waals surface area contributed by atoms with Crippen molar-refractivity contribution in [2.75, 3.05) is 31.2 Å². The molecular formula is C17H27N2O+. The van der Waals surface area contributed by atoms with Gasteiger partial charge in [0, 0.05) is 37.3 Å². The van der Waals surface area contributed by atoms with Gasteiger partial charge in [-0.1, -0.05) is 32.1 Å². The van der Waals surface area contributed by atoms with Crippen LogP contribution in [0.5, 0.6) is 0 Å². The molecule has 3 rings (SSSR count). The van der Waals surface area contributed by atoms with Crippen molar-refractivity contribution in [1.29, 1.82) is 0 Å². The molecule has 0 aromatic carbocycles. The Morgan fingerprint density at radius 2 is 1.75 bits per heavy atom. The van der Waals surface area contributed by atoms with Crippen molar-refractivity contribution in [2.45, 2.75) is 45.1 Å². The Balaban J connectivity index is 1.50. The molecular weight excluding hydrogens is 248 g/mol. The number of pyridine rings is 1. The molecule has 0 atom stereocenters. The fourth-order valence-corrected chi connectivity index (χ4v) is 3.44. The first-order chi connectivity index (χ1) is 9.92. The van der Waals surface area contributed by atoms with Crippen molar-refractivity contribution in [1.82, 2.24) is 0 Å². The summed E-state index contributed by atoms with van der Waals surface area (Å²) in [5.41, 5.74) is 1.34. The third-order valence-corrected chi connectivity index (χ3v) is 4.77. The Bertz CT molecular complexity index is 392. The van der Waals surface area contributed by atoms with Gasteiger partial charge in [-0.25, -0.2) is 4.57 Å². The van der Waals surface area contributed by atoms with E-state index in [2.05, 4.69) is 34.0 Å². The predicted octanol–water partition coefficient (Wildman–Crippen LogP) is 2.78. The summed E-state index contributed by atoms with van der Waals surface area (Å²) in [7, 11) is 0. The molecule has 0 bridgehead atoms. The van der Waals surface area contributed by atoms with Crippen LogP contribution in [0.2, 0.25) is 0 Å². The van der Waals surface area contributed by atoms with E-state index >= 15 is 0 Å². The van der Waals surface area contributed by atoms with Gasteiger partial charge in [0.2, 0.25) is 0 Å². The highest BCUT2D eigenvalue weighted by molar-refractivity contribution is 5.43. The molecule has 1 saturated heterocycles. The van der Waals surface area contributed by atoms with E-state index in [0.717, 1.165) is 32.2 Å². The van der Waals surface area contributed by atoms with Gasteiger partial charge >= 0.3 is 0 Å². The Hall–Kier alpha value is -1.09. The molecule has 0 spiro atoms. The largest absolute Gasteiger partial charge is 0.378 e. The summed E-state index contributed by atoms with van der Waals surface area (Å²) < 4.78 is 7.75. The molecule has 20 heavy (non-hydrogen) atoms. The van der Waals surface area contributed by atoms with Gasteiger partial charge in [0.25, 0.3) is 0 Å². The molecule has 3 nitrogen and oxygen atoms in total. The fraction of sp³-hybridized carbons (Fsp3) is 0.706. The molecule has 2 heterocycles. The van der Waals surface area contributed by atoms with Crippen LogP contribution < -0.4 is 9.47 Å². The average Bonchev–Trinajstić information content (AvgIpc) is 2.55. The molecule has 0 radical (unpaired) electrons. The van der Waals surface area contributed by atoms with Crippen molar-refractivity contribution in [3.05, 3.63) is 24.5 Å². The first-order valence-corrected chi connectivity index (χ1v) is 8.23. The van der Waals surface area contributed by atoms with Crippen LogP contribution in [0.15, 0.2) is 24.5 Å². The highest BCUT2D eigenvalue weighted by Gasteiger charge is 2.16. The van der Waals surface area contributed by atoms with Crippen LogP contribution in [0.3, 0.4) is 0 Å². The van der Waals surface area contributed by atoms with Gasteiger partial charge in [0.1, 0.15) is 6.54 Å². The number of aromatic nitrogens is 1. The monoisotopic (exact) mass is 275 g/mol. The molecule has 0 N–H and O–H groups in total. The summed E-state index contributed by atoms with van der Waals surface area (Å²) in [5, 5.41) is 0. The van der Waals surface area contributed by atoms with Gasteiger partial charge in [-0.2, -0.15) is 0 Å². The fourth-order valence-electron chi connectivity index (χ4n) is 3.44. The van der Waals surface area contributed by atoms with Crippen LogP contribution in [0, 0.1) is 5.92 Å². The minimum absolute atomic E-state index is 0.858. The number of morpholine rings is 1. The smallest absolute Gasteiger partial charge is 0.170 e. The van der Waals surface area contributed by atoms with Crippen molar-refractivity contribution in [3.63, 3.8) is 0 Å². The van der Waals surface area contributed by atoms with E-state index in [9.17, 15) is 0 Å². The Kier molecular flexibility index (Phi) is 4.91. The number of ether oxygens (including phenoxy) is 1. The number of rotatable bonds is 4. The zero-order valence-electron chi connectivity index (χ0n) is 12.5. The van der Waals surface area contributed by atoms with E-state index in [1.54, 1.807) is 0 Å². The molecule has 0 amide bonds. The summed E-state index contributed by atoms with van der Waals surface area (Å²) in [5.74, 6) is 0.968. The van der Waals surface area contributed by atoms with Crippen LogP contribution in [-0.2, 0) is 11.3 Å². The first-order valence-electron chi connectivity index (χ1n) is 8.23. The second kappa shape index (κ2) is 7.07. The first kappa shape index (κ1) is 13.9. The molecule has 1 aromatic heterocycles. The van der Waals surface area contributed by atoms with E-state index in [1.807, 2.05) is 0 Å². The minimum atomic E-state index is 0.858. The lowest BCUT2D eigenvalue weighted by atomic mass is 9.87. The number of nitrogens with zero attached hydrogens (tertiary/aromatic N) is 2. The zero-order chi connectivity index (χ0) is 13.6. The highest BCUT2D eigenvalue weighted by Crippen LogP contribution is 2.26. The van der Waals surface area contributed by atoms with Crippen molar-refractivity contribution >= 4 is 5.69 Å². The Morgan fingerprint density at radius 1 is 1.05 bits per heavy atom. The van der Waals surface area contributed by atoms with E-state index in [1.165, 1.54) is 50.8 Å². The molecule has 0 unspecified atom stereocenters. The lowest BCUT2D eigenvalue weighted by Gasteiger charge is -2.28. The highest BCUT2D eigenvalue weighted by atomic mass is 16.5. The second-order valence-electron chi connectivity index (χ2n) is 6.19. The van der Waals surface area contributed by atoms with Gasteiger partial charge < -0.3 is 9.64 Å². The maximum atomic E-state index is 5.40. The van der Waals surface area contributed by atoms with Crippen molar-refractivity contribution < 1.29 is 9.30 Å². The average molecular weight is 275 g/mol. The topological polar surface area (TPSA) is 16.4 Å². The third-order valence-electron chi connectivity index (χ3n) is 4.77. The molecule has 1 aliphatic heterocycles. The van der Waals surface area contributed by atoms with Gasteiger partial charge in [-0.3, -0.25) is 0 Å². The van der Waals surface area contributed by atoms with Crippen LogP contribution >= 0.6 is 0 Å².